The van der Waals surface area contributed by atoms with Gasteiger partial charge in [-0.3, -0.25) is 9.80 Å². The fraction of sp³-hybridized carbons (Fsp3) is 0.486. The molecule has 3 aromatic carbocycles. The molecule has 0 amide bonds. The lowest BCUT2D eigenvalue weighted by Crippen LogP contribution is -2.49. The number of aliphatic carboxylic acids is 1. The van der Waals surface area contributed by atoms with E-state index in [0.29, 0.717) is 13.2 Å². The number of nitrogens with one attached hydrogen (secondary N) is 1. The zero-order valence-electron chi connectivity index (χ0n) is 28.1. The molecular weight excluding hydrogens is 637 g/mol. The van der Waals surface area contributed by atoms with Crippen molar-refractivity contribution in [2.45, 2.75) is 63.7 Å². The molecule has 0 aliphatic carbocycles. The van der Waals surface area contributed by atoms with Crippen LogP contribution >= 0.6 is 0 Å². The van der Waals surface area contributed by atoms with E-state index in [2.05, 4.69) is 93.7 Å². The number of halogens is 3. The first-order valence-electron chi connectivity index (χ1n) is 17.0. The Bertz CT molecular complexity index is 1400. The Labute approximate surface area is 286 Å². The van der Waals surface area contributed by atoms with Crippen LogP contribution in [0, 0.1) is 0 Å². The molecule has 0 radical (unpaired) electrons. The maximum Gasteiger partial charge on any atom is 0.490 e. The molecule has 2 unspecified atom stereocenters. The first kappa shape index (κ1) is 38.1. The van der Waals surface area contributed by atoms with Gasteiger partial charge < -0.3 is 30.3 Å². The van der Waals surface area contributed by atoms with Gasteiger partial charge in [-0.05, 0) is 60.2 Å². The number of nitrogens with zero attached hydrogens (tertiary/aromatic N) is 3. The fourth-order valence-corrected chi connectivity index (χ4v) is 6.10. The van der Waals surface area contributed by atoms with Crippen LogP contribution in [0.4, 0.5) is 18.9 Å². The van der Waals surface area contributed by atoms with E-state index in [4.69, 9.17) is 14.6 Å². The second-order valence-electron chi connectivity index (χ2n) is 12.6. The van der Waals surface area contributed by atoms with Crippen LogP contribution in [0.15, 0.2) is 78.9 Å². The van der Waals surface area contributed by atoms with Gasteiger partial charge >= 0.3 is 12.1 Å². The molecule has 5 rings (SSSR count). The van der Waals surface area contributed by atoms with Crippen molar-refractivity contribution in [3.63, 3.8) is 0 Å². The first-order chi connectivity index (χ1) is 23.5. The lowest BCUT2D eigenvalue weighted by Gasteiger charge is -2.36. The van der Waals surface area contributed by atoms with Crippen molar-refractivity contribution in [2.24, 2.45) is 0 Å². The smallest absolute Gasteiger partial charge is 0.490 e. The van der Waals surface area contributed by atoms with E-state index in [1.807, 2.05) is 12.1 Å². The number of piperidine rings is 1. The lowest BCUT2D eigenvalue weighted by molar-refractivity contribution is -0.192. The molecule has 0 bridgehead atoms. The zero-order chi connectivity index (χ0) is 35.2. The van der Waals surface area contributed by atoms with Crippen LogP contribution in [0.3, 0.4) is 0 Å². The fourth-order valence-electron chi connectivity index (χ4n) is 6.10. The van der Waals surface area contributed by atoms with Crippen molar-refractivity contribution in [1.82, 2.24) is 15.1 Å². The number of benzene rings is 3. The minimum Gasteiger partial charge on any atom is -0.491 e. The van der Waals surface area contributed by atoms with E-state index in [0.717, 1.165) is 77.4 Å². The number of anilines is 1. The number of likely N-dealkylation sites (tertiary alicyclic amines) is 1. The van der Waals surface area contributed by atoms with Crippen LogP contribution in [0.5, 0.6) is 5.75 Å². The van der Waals surface area contributed by atoms with Gasteiger partial charge in [-0.1, -0.05) is 61.5 Å². The van der Waals surface area contributed by atoms with Gasteiger partial charge in [0.2, 0.25) is 0 Å². The molecule has 2 fully saturated rings. The molecule has 2 heterocycles. The topological polar surface area (TPSA) is 109 Å². The summed E-state index contributed by atoms with van der Waals surface area (Å²) in [6.45, 7) is 10.6. The SMILES string of the molecule is CCC(NCc1ccccc1CN1CCC(O)CC1)c1ccc(OCC(O)CN2CCN(c3ccccc3)CC2)cc1.O=C(O)C(F)(F)F. The van der Waals surface area contributed by atoms with Crippen LogP contribution in [0.25, 0.3) is 0 Å². The number of ether oxygens (including phenoxy) is 1. The van der Waals surface area contributed by atoms with Crippen molar-refractivity contribution in [3.8, 4) is 5.75 Å². The maximum absolute atomic E-state index is 10.6. The molecule has 3 aromatic rings. The third kappa shape index (κ3) is 12.6. The second-order valence-corrected chi connectivity index (χ2v) is 12.6. The Balaban J connectivity index is 0.000000698. The average molecular weight is 687 g/mol. The average Bonchev–Trinajstić information content (AvgIpc) is 3.10. The number of hydrogen-bond acceptors (Lipinski definition) is 8. The number of carbonyl (C=O) groups is 1. The van der Waals surface area contributed by atoms with Crippen LogP contribution in [-0.4, -0.2) is 102 Å². The third-order valence-electron chi connectivity index (χ3n) is 8.95. The number of aliphatic hydroxyl groups is 2. The Hall–Kier alpha value is -3.68. The minimum absolute atomic E-state index is 0.141. The summed E-state index contributed by atoms with van der Waals surface area (Å²) in [5.74, 6) is -1.97. The molecule has 2 saturated heterocycles. The zero-order valence-corrected chi connectivity index (χ0v) is 28.1. The molecule has 2 aliphatic heterocycles. The highest BCUT2D eigenvalue weighted by Crippen LogP contribution is 2.23. The minimum atomic E-state index is -5.08. The summed E-state index contributed by atoms with van der Waals surface area (Å²) in [5.41, 5.74) is 5.20. The maximum atomic E-state index is 10.6. The number of aliphatic hydroxyl groups excluding tert-OH is 2. The summed E-state index contributed by atoms with van der Waals surface area (Å²) < 4.78 is 37.7. The van der Waals surface area contributed by atoms with E-state index in [-0.39, 0.29) is 12.1 Å². The van der Waals surface area contributed by atoms with Crippen LogP contribution in [-0.2, 0) is 17.9 Å². The van der Waals surface area contributed by atoms with E-state index >= 15 is 0 Å². The van der Waals surface area contributed by atoms with Gasteiger partial charge in [0.15, 0.2) is 0 Å². The molecule has 12 heteroatoms. The van der Waals surface area contributed by atoms with Gasteiger partial charge in [0.05, 0.1) is 6.10 Å². The van der Waals surface area contributed by atoms with Crippen LogP contribution in [0.1, 0.15) is 48.9 Å². The molecule has 49 heavy (non-hydrogen) atoms. The standard InChI is InChI=1S/C35H48N4O3.C2HF3O2/c1-2-35(36-24-29-8-6-7-9-30(29)25-37-18-16-32(40)17-19-37)28-12-14-34(15-13-28)42-27-33(41)26-38-20-22-39(23-21-38)31-10-4-3-5-11-31;3-2(4,5)1(6)7/h3-15,32-33,35-36,40-41H,2,16-27H2,1H3;(H,6,7). The van der Waals surface area contributed by atoms with Crippen LogP contribution in [0.2, 0.25) is 0 Å². The number of para-hydroxylation sites is 1. The molecule has 2 atom stereocenters. The highest BCUT2D eigenvalue weighted by atomic mass is 19.4. The summed E-state index contributed by atoms with van der Waals surface area (Å²) in [5, 5.41) is 31.4. The van der Waals surface area contributed by atoms with E-state index in [1.54, 1.807) is 0 Å². The quantitative estimate of drug-likeness (QED) is 0.196. The van der Waals surface area contributed by atoms with Gasteiger partial charge in [-0.25, -0.2) is 4.79 Å². The molecular formula is C37H49F3N4O5. The summed E-state index contributed by atoms with van der Waals surface area (Å²) in [7, 11) is 0. The normalized spacial score (nSPS) is 17.6. The van der Waals surface area contributed by atoms with Crippen molar-refractivity contribution < 1.29 is 38.0 Å². The van der Waals surface area contributed by atoms with Crippen molar-refractivity contribution in [1.29, 1.82) is 0 Å². The summed E-state index contributed by atoms with van der Waals surface area (Å²) >= 11 is 0. The molecule has 268 valence electrons. The van der Waals surface area contributed by atoms with Gasteiger partial charge in [0, 0.05) is 70.6 Å². The number of carboxylic acid groups (broad SMARTS) is 1. The van der Waals surface area contributed by atoms with E-state index in [9.17, 15) is 23.4 Å². The molecule has 4 N–H and O–H groups in total. The molecule has 0 spiro atoms. The van der Waals surface area contributed by atoms with Gasteiger partial charge in [0.1, 0.15) is 18.5 Å². The van der Waals surface area contributed by atoms with E-state index < -0.39 is 18.2 Å². The number of rotatable bonds is 13. The molecule has 0 aromatic heterocycles. The highest BCUT2D eigenvalue weighted by Gasteiger charge is 2.38. The number of piperazine rings is 1. The predicted octanol–water partition coefficient (Wildman–Crippen LogP) is 5.08. The molecule has 0 saturated carbocycles. The summed E-state index contributed by atoms with van der Waals surface area (Å²) in [6.07, 6.45) is -3.03. The number of hydrogen-bond donors (Lipinski definition) is 4. The van der Waals surface area contributed by atoms with Gasteiger partial charge in [-0.15, -0.1) is 0 Å². The van der Waals surface area contributed by atoms with Crippen molar-refractivity contribution >= 4 is 11.7 Å². The number of alkyl halides is 3. The Morgan fingerprint density at radius 3 is 2.06 bits per heavy atom. The predicted molar refractivity (Wildman–Crippen MR) is 184 cm³/mol. The third-order valence-corrected chi connectivity index (χ3v) is 8.95. The second kappa shape index (κ2) is 18.9. The van der Waals surface area contributed by atoms with E-state index in [1.165, 1.54) is 22.4 Å². The van der Waals surface area contributed by atoms with Crippen molar-refractivity contribution in [3.05, 3.63) is 95.6 Å². The Kier molecular flexibility index (Phi) is 14.7. The number of carboxylic acids is 1. The first-order valence-corrected chi connectivity index (χ1v) is 17.0. The Morgan fingerprint density at radius 2 is 1.47 bits per heavy atom. The summed E-state index contributed by atoms with van der Waals surface area (Å²) in [6, 6.07) is 27.8. The molecule has 2 aliphatic rings. The van der Waals surface area contributed by atoms with Gasteiger partial charge in [0.25, 0.3) is 0 Å². The summed E-state index contributed by atoms with van der Waals surface area (Å²) in [4.78, 5) is 16.1. The Morgan fingerprint density at radius 1 is 0.878 bits per heavy atom. The number of β-amino-alcohol motifs (C(OH)–C–C–N with tert-alkyl or cyclic N) is 1. The monoisotopic (exact) mass is 686 g/mol. The highest BCUT2D eigenvalue weighted by molar-refractivity contribution is 5.73. The molecule has 9 nitrogen and oxygen atoms in total. The largest absolute Gasteiger partial charge is 0.491 e. The van der Waals surface area contributed by atoms with Gasteiger partial charge in [-0.2, -0.15) is 13.2 Å². The lowest BCUT2D eigenvalue weighted by atomic mass is 10.0. The van der Waals surface area contributed by atoms with Crippen molar-refractivity contribution in [2.75, 3.05) is 57.3 Å². The van der Waals surface area contributed by atoms with Crippen LogP contribution < -0.4 is 15.0 Å².